The van der Waals surface area contributed by atoms with Crippen molar-refractivity contribution in [2.75, 3.05) is 0 Å². The number of carboxylic acid groups (broad SMARTS) is 1. The zero-order chi connectivity index (χ0) is 14.8. The van der Waals surface area contributed by atoms with Crippen LogP contribution in [-0.4, -0.2) is 20.9 Å². The minimum atomic E-state index is -0.992. The van der Waals surface area contributed by atoms with Gasteiger partial charge in [-0.25, -0.2) is 4.79 Å². The zero-order valence-corrected chi connectivity index (χ0v) is 11.7. The summed E-state index contributed by atoms with van der Waals surface area (Å²) in [5.74, 6) is -0.503. The van der Waals surface area contributed by atoms with Crippen LogP contribution in [0.15, 0.2) is 40.9 Å². The van der Waals surface area contributed by atoms with Gasteiger partial charge >= 0.3 is 5.97 Å². The highest BCUT2D eigenvalue weighted by molar-refractivity contribution is 5.95. The van der Waals surface area contributed by atoms with Crippen molar-refractivity contribution < 1.29 is 14.3 Å². The Morgan fingerprint density at radius 1 is 1.38 bits per heavy atom. The second-order valence-electron chi connectivity index (χ2n) is 4.96. The molecule has 0 radical (unpaired) electrons. The molecule has 0 bridgehead atoms. The predicted molar refractivity (Wildman–Crippen MR) is 79.3 cm³/mol. The Bertz CT molecular complexity index is 753. The highest BCUT2D eigenvalue weighted by atomic mass is 16.4. The fourth-order valence-corrected chi connectivity index (χ4v) is 2.29. The largest absolute Gasteiger partial charge is 0.478 e. The Hall–Kier alpha value is -2.56. The number of benzene rings is 1. The first-order valence-corrected chi connectivity index (χ1v) is 6.98. The minimum Gasteiger partial charge on any atom is -0.478 e. The van der Waals surface area contributed by atoms with E-state index in [-0.39, 0.29) is 5.56 Å². The van der Waals surface area contributed by atoms with E-state index in [2.05, 4.69) is 12.0 Å². The third kappa shape index (κ3) is 2.54. The van der Waals surface area contributed by atoms with Gasteiger partial charge in [0, 0.05) is 18.1 Å². The van der Waals surface area contributed by atoms with Crippen LogP contribution >= 0.6 is 0 Å². The number of para-hydroxylation sites is 1. The molecule has 3 aromatic rings. The number of aromatic carboxylic acids is 1. The molecule has 21 heavy (non-hydrogen) atoms. The number of unbranched alkanes of at least 4 members (excludes halogenated alkanes) is 1. The molecule has 0 atom stereocenters. The molecule has 2 aromatic heterocycles. The molecule has 0 aliphatic heterocycles. The molecule has 0 amide bonds. The normalized spacial score (nSPS) is 11.1. The van der Waals surface area contributed by atoms with Crippen LogP contribution in [0.5, 0.6) is 0 Å². The van der Waals surface area contributed by atoms with Crippen molar-refractivity contribution >= 4 is 16.9 Å². The van der Waals surface area contributed by atoms with E-state index in [1.54, 1.807) is 10.9 Å². The van der Waals surface area contributed by atoms with Gasteiger partial charge in [0.25, 0.3) is 0 Å². The summed E-state index contributed by atoms with van der Waals surface area (Å²) in [6.07, 6.45) is 3.56. The maximum absolute atomic E-state index is 11.4. The zero-order valence-electron chi connectivity index (χ0n) is 11.7. The highest BCUT2D eigenvalue weighted by Crippen LogP contribution is 2.29. The molecule has 108 valence electrons. The molecule has 1 N–H and O–H groups in total. The van der Waals surface area contributed by atoms with E-state index < -0.39 is 5.97 Å². The molecular formula is C16H16N2O3. The Morgan fingerprint density at radius 2 is 2.19 bits per heavy atom. The second-order valence-corrected chi connectivity index (χ2v) is 4.96. The molecule has 5 heteroatoms. The van der Waals surface area contributed by atoms with Crippen molar-refractivity contribution in [2.45, 2.75) is 26.3 Å². The number of nitrogens with zero attached hydrogens (tertiary/aromatic N) is 2. The van der Waals surface area contributed by atoms with Gasteiger partial charge in [0.15, 0.2) is 5.76 Å². The van der Waals surface area contributed by atoms with Gasteiger partial charge in [0.2, 0.25) is 0 Å². The van der Waals surface area contributed by atoms with Crippen LogP contribution in [0, 0.1) is 0 Å². The number of aromatic nitrogens is 2. The number of carbonyl (C=O) groups is 1. The standard InChI is InChI=1S/C16H16N2O3/c1-2-3-8-18-10-12(16(19)20)15(17-18)14-9-11-6-4-5-7-13(11)21-14/h4-7,9-10H,2-3,8H2,1H3,(H,19,20). The van der Waals surface area contributed by atoms with Crippen LogP contribution in [0.1, 0.15) is 30.1 Å². The van der Waals surface area contributed by atoms with Crippen LogP contribution in [-0.2, 0) is 6.54 Å². The fraction of sp³-hybridized carbons (Fsp3) is 0.250. The highest BCUT2D eigenvalue weighted by Gasteiger charge is 2.20. The van der Waals surface area contributed by atoms with Crippen molar-refractivity contribution in [2.24, 2.45) is 0 Å². The van der Waals surface area contributed by atoms with Gasteiger partial charge in [-0.3, -0.25) is 4.68 Å². The number of fused-ring (bicyclic) bond motifs is 1. The quantitative estimate of drug-likeness (QED) is 0.773. The van der Waals surface area contributed by atoms with E-state index in [1.165, 1.54) is 0 Å². The Kier molecular flexibility index (Phi) is 3.48. The van der Waals surface area contributed by atoms with Gasteiger partial charge in [-0.05, 0) is 18.6 Å². The predicted octanol–water partition coefficient (Wildman–Crippen LogP) is 3.79. The van der Waals surface area contributed by atoms with Crippen LogP contribution in [0.25, 0.3) is 22.4 Å². The monoisotopic (exact) mass is 284 g/mol. The first-order valence-electron chi connectivity index (χ1n) is 6.98. The van der Waals surface area contributed by atoms with Crippen molar-refractivity contribution in [1.29, 1.82) is 0 Å². The fourth-order valence-electron chi connectivity index (χ4n) is 2.29. The second kappa shape index (κ2) is 5.44. The Morgan fingerprint density at radius 3 is 2.90 bits per heavy atom. The molecule has 5 nitrogen and oxygen atoms in total. The first-order chi connectivity index (χ1) is 10.2. The molecule has 0 fully saturated rings. The van der Waals surface area contributed by atoms with Crippen LogP contribution in [0.3, 0.4) is 0 Å². The van der Waals surface area contributed by atoms with Crippen molar-refractivity contribution in [3.05, 3.63) is 42.1 Å². The topological polar surface area (TPSA) is 68.3 Å². The maximum Gasteiger partial charge on any atom is 0.339 e. The number of furan rings is 1. The minimum absolute atomic E-state index is 0.171. The van der Waals surface area contributed by atoms with Crippen LogP contribution < -0.4 is 0 Å². The number of hydrogen-bond acceptors (Lipinski definition) is 3. The van der Waals surface area contributed by atoms with Crippen molar-refractivity contribution in [1.82, 2.24) is 9.78 Å². The average Bonchev–Trinajstić information content (AvgIpc) is 3.08. The van der Waals surface area contributed by atoms with E-state index in [0.717, 1.165) is 23.8 Å². The molecule has 0 spiro atoms. The molecular weight excluding hydrogens is 268 g/mol. The van der Waals surface area contributed by atoms with Gasteiger partial charge < -0.3 is 9.52 Å². The van der Waals surface area contributed by atoms with Crippen LogP contribution in [0.2, 0.25) is 0 Å². The molecule has 0 saturated heterocycles. The Balaban J connectivity index is 2.06. The lowest BCUT2D eigenvalue weighted by atomic mass is 10.2. The van der Waals surface area contributed by atoms with E-state index >= 15 is 0 Å². The summed E-state index contributed by atoms with van der Waals surface area (Å²) in [5.41, 5.74) is 1.28. The summed E-state index contributed by atoms with van der Waals surface area (Å²) in [5, 5.41) is 14.7. The van der Waals surface area contributed by atoms with Crippen molar-refractivity contribution in [3.63, 3.8) is 0 Å². The SMILES string of the molecule is CCCCn1cc(C(=O)O)c(-c2cc3ccccc3o2)n1. The van der Waals surface area contributed by atoms with Crippen molar-refractivity contribution in [3.8, 4) is 11.5 Å². The van der Waals surface area contributed by atoms with Crippen LogP contribution in [0.4, 0.5) is 0 Å². The van der Waals surface area contributed by atoms with Gasteiger partial charge in [-0.1, -0.05) is 31.5 Å². The van der Waals surface area contributed by atoms with E-state index in [9.17, 15) is 9.90 Å². The summed E-state index contributed by atoms with van der Waals surface area (Å²) in [6.45, 7) is 2.79. The number of hydrogen-bond donors (Lipinski definition) is 1. The third-order valence-corrected chi connectivity index (χ3v) is 3.39. The van der Waals surface area contributed by atoms with Gasteiger partial charge in [0.1, 0.15) is 16.8 Å². The van der Waals surface area contributed by atoms with Gasteiger partial charge in [-0.15, -0.1) is 0 Å². The third-order valence-electron chi connectivity index (χ3n) is 3.39. The average molecular weight is 284 g/mol. The summed E-state index contributed by atoms with van der Waals surface area (Å²) >= 11 is 0. The van der Waals surface area contributed by atoms with Gasteiger partial charge in [0.05, 0.1) is 0 Å². The van der Waals surface area contributed by atoms with E-state index in [1.807, 2.05) is 30.3 Å². The number of rotatable bonds is 5. The molecule has 0 aliphatic carbocycles. The van der Waals surface area contributed by atoms with E-state index in [0.29, 0.717) is 18.0 Å². The molecule has 0 aliphatic rings. The molecule has 0 unspecified atom stereocenters. The molecule has 3 rings (SSSR count). The summed E-state index contributed by atoms with van der Waals surface area (Å²) in [7, 11) is 0. The first kappa shape index (κ1) is 13.4. The summed E-state index contributed by atoms with van der Waals surface area (Å²) in [4.78, 5) is 11.4. The summed E-state index contributed by atoms with van der Waals surface area (Å²) < 4.78 is 7.40. The molecule has 0 saturated carbocycles. The lowest BCUT2D eigenvalue weighted by molar-refractivity contribution is 0.0697. The number of aryl methyl sites for hydroxylation is 1. The smallest absolute Gasteiger partial charge is 0.339 e. The maximum atomic E-state index is 11.4. The lowest BCUT2D eigenvalue weighted by Gasteiger charge is -1.97. The molecule has 2 heterocycles. The lowest BCUT2D eigenvalue weighted by Crippen LogP contribution is -1.98. The summed E-state index contributed by atoms with van der Waals surface area (Å²) in [6, 6.07) is 9.41. The molecule has 1 aromatic carbocycles. The number of carboxylic acids is 1. The van der Waals surface area contributed by atoms with E-state index in [4.69, 9.17) is 4.42 Å². The van der Waals surface area contributed by atoms with Gasteiger partial charge in [-0.2, -0.15) is 5.10 Å². The Labute approximate surface area is 121 Å².